The first-order chi connectivity index (χ1) is 16.3. The molecule has 0 aliphatic heterocycles. The van der Waals surface area contributed by atoms with Crippen LogP contribution in [0.1, 0.15) is 23.2 Å². The van der Waals surface area contributed by atoms with Crippen LogP contribution in [-0.2, 0) is 10.0 Å². The maximum Gasteiger partial charge on any atom is 0.321 e. The normalized spacial score (nSPS) is 13.1. The van der Waals surface area contributed by atoms with E-state index in [1.54, 1.807) is 12.1 Å². The van der Waals surface area contributed by atoms with Gasteiger partial charge in [0.25, 0.3) is 15.9 Å². The van der Waals surface area contributed by atoms with Crippen LogP contribution in [0, 0.1) is 0 Å². The van der Waals surface area contributed by atoms with Crippen molar-refractivity contribution in [1.29, 1.82) is 0 Å². The highest BCUT2D eigenvalue weighted by atomic mass is 32.2. The number of nitrogens with two attached hydrogens (primary N) is 1. The molecule has 0 spiro atoms. The van der Waals surface area contributed by atoms with E-state index in [0.29, 0.717) is 11.5 Å². The molecule has 13 nitrogen and oxygen atoms in total. The van der Waals surface area contributed by atoms with E-state index in [0.717, 1.165) is 12.8 Å². The molecule has 1 fully saturated rings. The minimum Gasteiger partial charge on any atom is -0.481 e. The Labute approximate surface area is 195 Å². The molecule has 2 aromatic heterocycles. The van der Waals surface area contributed by atoms with Crippen molar-refractivity contribution in [3.63, 3.8) is 0 Å². The molecule has 1 aromatic carbocycles. The maximum atomic E-state index is 12.8. The van der Waals surface area contributed by atoms with Crippen LogP contribution in [0.25, 0.3) is 0 Å². The Morgan fingerprint density at radius 3 is 2.44 bits per heavy atom. The number of benzene rings is 1. The zero-order chi connectivity index (χ0) is 24.3. The van der Waals surface area contributed by atoms with Gasteiger partial charge < -0.3 is 25.8 Å². The van der Waals surface area contributed by atoms with Gasteiger partial charge in [0, 0.05) is 24.0 Å². The number of nitrogens with one attached hydrogen (secondary N) is 3. The highest BCUT2D eigenvalue weighted by Gasteiger charge is 2.24. The molecule has 0 unspecified atom stereocenters. The number of sulfonamides is 1. The van der Waals surface area contributed by atoms with Gasteiger partial charge in [-0.2, -0.15) is 15.0 Å². The van der Waals surface area contributed by atoms with Gasteiger partial charge in [0.05, 0.1) is 24.7 Å². The number of primary amides is 1. The van der Waals surface area contributed by atoms with Gasteiger partial charge in [-0.1, -0.05) is 0 Å². The Morgan fingerprint density at radius 1 is 1.09 bits per heavy atom. The van der Waals surface area contributed by atoms with Crippen LogP contribution in [0.4, 0.5) is 23.3 Å². The number of amides is 1. The number of nitrogens with zero attached hydrogens (tertiary/aromatic N) is 4. The lowest BCUT2D eigenvalue weighted by Gasteiger charge is -2.12. The predicted octanol–water partition coefficient (Wildman–Crippen LogP) is 1.50. The SMILES string of the molecule is COc1cc(NS(=O)(=O)c2ccc(Nc3ncc(C(N)=O)c(NC4CC4)n3)cc2)nc(OC)n1. The summed E-state index contributed by atoms with van der Waals surface area (Å²) in [6.45, 7) is 0. The summed E-state index contributed by atoms with van der Waals surface area (Å²) in [6.07, 6.45) is 3.32. The van der Waals surface area contributed by atoms with E-state index in [4.69, 9.17) is 15.2 Å². The number of methoxy groups -OCH3 is 2. The largest absolute Gasteiger partial charge is 0.481 e. The minimum atomic E-state index is -3.95. The molecule has 3 aromatic rings. The number of carbonyl (C=O) groups excluding carboxylic acids is 1. The molecule has 1 saturated carbocycles. The van der Waals surface area contributed by atoms with Gasteiger partial charge in [-0.15, -0.1) is 0 Å². The van der Waals surface area contributed by atoms with E-state index in [1.807, 2.05) is 0 Å². The van der Waals surface area contributed by atoms with Crippen molar-refractivity contribution in [2.45, 2.75) is 23.8 Å². The van der Waals surface area contributed by atoms with E-state index >= 15 is 0 Å². The van der Waals surface area contributed by atoms with Crippen LogP contribution >= 0.6 is 0 Å². The fourth-order valence-corrected chi connectivity index (χ4v) is 3.84. The lowest BCUT2D eigenvalue weighted by molar-refractivity contribution is 0.100. The van der Waals surface area contributed by atoms with Crippen LogP contribution in [0.15, 0.2) is 41.4 Å². The first-order valence-corrected chi connectivity index (χ1v) is 11.6. The molecule has 14 heteroatoms. The second-order valence-electron chi connectivity index (χ2n) is 7.28. The fraction of sp³-hybridized carbons (Fsp3) is 0.250. The summed E-state index contributed by atoms with van der Waals surface area (Å²) in [5.74, 6) is 0.0795. The molecule has 1 aliphatic carbocycles. The van der Waals surface area contributed by atoms with Crippen molar-refractivity contribution in [2.75, 3.05) is 29.6 Å². The average Bonchev–Trinajstić information content (AvgIpc) is 3.63. The summed E-state index contributed by atoms with van der Waals surface area (Å²) >= 11 is 0. The van der Waals surface area contributed by atoms with E-state index in [9.17, 15) is 13.2 Å². The van der Waals surface area contributed by atoms with E-state index in [1.165, 1.54) is 38.6 Å². The summed E-state index contributed by atoms with van der Waals surface area (Å²) in [4.78, 5) is 27.9. The number of carbonyl (C=O) groups is 1. The van der Waals surface area contributed by atoms with Gasteiger partial charge in [-0.05, 0) is 37.1 Å². The number of rotatable bonds is 10. The fourth-order valence-electron chi connectivity index (χ4n) is 2.85. The van der Waals surface area contributed by atoms with Crippen LogP contribution < -0.4 is 30.6 Å². The molecular formula is C20H22N8O5S. The van der Waals surface area contributed by atoms with Crippen LogP contribution in [-0.4, -0.2) is 54.5 Å². The third kappa shape index (κ3) is 5.40. The monoisotopic (exact) mass is 486 g/mol. The molecule has 34 heavy (non-hydrogen) atoms. The van der Waals surface area contributed by atoms with Gasteiger partial charge in [0.15, 0.2) is 5.82 Å². The van der Waals surface area contributed by atoms with Crippen LogP contribution in [0.2, 0.25) is 0 Å². The van der Waals surface area contributed by atoms with Gasteiger partial charge in [-0.25, -0.2) is 13.4 Å². The van der Waals surface area contributed by atoms with Crippen molar-refractivity contribution in [1.82, 2.24) is 19.9 Å². The zero-order valence-electron chi connectivity index (χ0n) is 18.3. The number of anilines is 4. The molecule has 178 valence electrons. The number of hydrogen-bond donors (Lipinski definition) is 4. The van der Waals surface area contributed by atoms with Gasteiger partial charge in [0.2, 0.25) is 11.8 Å². The molecule has 0 radical (unpaired) electrons. The summed E-state index contributed by atoms with van der Waals surface area (Å²) < 4.78 is 37.9. The minimum absolute atomic E-state index is 0.00400. The van der Waals surface area contributed by atoms with E-state index in [2.05, 4.69) is 35.3 Å². The molecule has 5 N–H and O–H groups in total. The smallest absolute Gasteiger partial charge is 0.321 e. The maximum absolute atomic E-state index is 12.8. The molecule has 2 heterocycles. The van der Waals surface area contributed by atoms with Gasteiger partial charge in [-0.3, -0.25) is 9.52 Å². The standard InChI is InChI=1S/C20H22N8O5S/c1-32-16-9-15(25-20(26-16)33-2)28-34(30,31)13-7-5-12(6-8-13)24-19-22-10-14(17(21)29)18(27-19)23-11-3-4-11/h5-11H,3-4H2,1-2H3,(H2,21,29)(H,25,26,28)(H2,22,23,24,27). The summed E-state index contributed by atoms with van der Waals surface area (Å²) in [5.41, 5.74) is 6.13. The highest BCUT2D eigenvalue weighted by molar-refractivity contribution is 7.92. The lowest BCUT2D eigenvalue weighted by atomic mass is 10.3. The Hall–Kier alpha value is -4.20. The third-order valence-corrected chi connectivity index (χ3v) is 6.08. The Morgan fingerprint density at radius 2 is 1.82 bits per heavy atom. The first kappa shape index (κ1) is 23.0. The Kier molecular flexibility index (Phi) is 6.32. The highest BCUT2D eigenvalue weighted by Crippen LogP contribution is 2.27. The quantitative estimate of drug-likeness (QED) is 0.326. The number of ether oxygens (including phenoxy) is 2. The van der Waals surface area contributed by atoms with Crippen molar-refractivity contribution < 1.29 is 22.7 Å². The van der Waals surface area contributed by atoms with Crippen molar-refractivity contribution in [2.24, 2.45) is 5.73 Å². The van der Waals surface area contributed by atoms with E-state index in [-0.39, 0.29) is 40.2 Å². The summed E-state index contributed by atoms with van der Waals surface area (Å²) in [5, 5.41) is 6.13. The molecule has 0 bridgehead atoms. The second kappa shape index (κ2) is 9.35. The first-order valence-electron chi connectivity index (χ1n) is 10.1. The predicted molar refractivity (Wildman–Crippen MR) is 123 cm³/mol. The molecule has 1 aliphatic rings. The average molecular weight is 487 g/mol. The lowest BCUT2D eigenvalue weighted by Crippen LogP contribution is -2.17. The van der Waals surface area contributed by atoms with Crippen LogP contribution in [0.5, 0.6) is 11.9 Å². The molecule has 4 rings (SSSR count). The second-order valence-corrected chi connectivity index (χ2v) is 8.96. The Balaban J connectivity index is 1.50. The molecule has 0 saturated heterocycles. The van der Waals surface area contributed by atoms with Crippen LogP contribution in [0.3, 0.4) is 0 Å². The Bertz CT molecular complexity index is 1290. The van der Waals surface area contributed by atoms with E-state index < -0.39 is 15.9 Å². The number of hydrogen-bond acceptors (Lipinski definition) is 11. The van der Waals surface area contributed by atoms with Gasteiger partial charge in [0.1, 0.15) is 5.82 Å². The topological polar surface area (TPSA) is 183 Å². The molecule has 1 amide bonds. The number of aromatic nitrogens is 4. The van der Waals surface area contributed by atoms with Crippen molar-refractivity contribution in [3.8, 4) is 11.9 Å². The van der Waals surface area contributed by atoms with Gasteiger partial charge >= 0.3 is 6.01 Å². The van der Waals surface area contributed by atoms with Crippen molar-refractivity contribution >= 4 is 39.2 Å². The van der Waals surface area contributed by atoms with Crippen molar-refractivity contribution in [3.05, 3.63) is 42.1 Å². The molecular weight excluding hydrogens is 464 g/mol. The third-order valence-electron chi connectivity index (χ3n) is 4.71. The summed E-state index contributed by atoms with van der Waals surface area (Å²) in [6, 6.07) is 7.45. The molecule has 0 atom stereocenters. The summed E-state index contributed by atoms with van der Waals surface area (Å²) in [7, 11) is -1.21. The zero-order valence-corrected chi connectivity index (χ0v) is 19.1.